The molecule has 0 saturated heterocycles. The van der Waals surface area contributed by atoms with Crippen molar-refractivity contribution in [2.45, 2.75) is 59.1 Å². The Morgan fingerprint density at radius 2 is 1.93 bits per heavy atom. The molecular weight excluding hydrogens is 362 g/mol. The van der Waals surface area contributed by atoms with Gasteiger partial charge in [-0.3, -0.25) is 4.79 Å². The van der Waals surface area contributed by atoms with Gasteiger partial charge >= 0.3 is 11.6 Å². The molecule has 0 saturated carbocycles. The van der Waals surface area contributed by atoms with E-state index in [0.717, 1.165) is 23.8 Å². The molecule has 0 aliphatic carbocycles. The highest BCUT2D eigenvalue weighted by atomic mass is 16.5. The van der Waals surface area contributed by atoms with Crippen LogP contribution in [-0.4, -0.2) is 29.1 Å². The van der Waals surface area contributed by atoms with E-state index in [2.05, 4.69) is 5.32 Å². The van der Waals surface area contributed by atoms with Crippen LogP contribution in [0.1, 0.15) is 46.1 Å². The third kappa shape index (κ3) is 5.12. The summed E-state index contributed by atoms with van der Waals surface area (Å²) in [7, 11) is 0. The predicted molar refractivity (Wildman–Crippen MR) is 106 cm³/mol. The highest BCUT2D eigenvalue weighted by Crippen LogP contribution is 2.24. The molecule has 1 aromatic carbocycles. The van der Waals surface area contributed by atoms with Crippen LogP contribution >= 0.6 is 0 Å². The average Bonchev–Trinajstić information content (AvgIpc) is 2.64. The van der Waals surface area contributed by atoms with Crippen LogP contribution in [0.15, 0.2) is 33.5 Å². The molecule has 2 aromatic rings. The Kier molecular flexibility index (Phi) is 7.20. The largest absolute Gasteiger partial charge is 0.481 e. The first-order valence-corrected chi connectivity index (χ1v) is 9.53. The summed E-state index contributed by atoms with van der Waals surface area (Å²) in [5, 5.41) is 12.7. The normalized spacial score (nSPS) is 14.3. The zero-order valence-electron chi connectivity index (χ0n) is 16.7. The number of hydrogen-bond donors (Lipinski definition) is 2. The second-order valence-corrected chi connectivity index (χ2v) is 6.97. The summed E-state index contributed by atoms with van der Waals surface area (Å²) in [6, 6.07) is 5.58. The number of carboxylic acids is 1. The molecule has 7 heteroatoms. The van der Waals surface area contributed by atoms with Crippen LogP contribution in [0.5, 0.6) is 5.75 Å². The van der Waals surface area contributed by atoms with E-state index in [4.69, 9.17) is 9.15 Å². The van der Waals surface area contributed by atoms with Gasteiger partial charge in [-0.25, -0.2) is 9.59 Å². The van der Waals surface area contributed by atoms with Crippen LogP contribution in [0.2, 0.25) is 0 Å². The van der Waals surface area contributed by atoms with Crippen LogP contribution in [-0.2, 0) is 16.0 Å². The lowest BCUT2D eigenvalue weighted by molar-refractivity contribution is -0.144. The van der Waals surface area contributed by atoms with Gasteiger partial charge in [0.25, 0.3) is 5.91 Å². The molecule has 28 heavy (non-hydrogen) atoms. The molecule has 0 spiro atoms. The second-order valence-electron chi connectivity index (χ2n) is 6.97. The van der Waals surface area contributed by atoms with E-state index in [1.54, 1.807) is 32.0 Å². The fourth-order valence-corrected chi connectivity index (χ4v) is 2.97. The van der Waals surface area contributed by atoms with E-state index in [1.807, 2.05) is 13.8 Å². The minimum Gasteiger partial charge on any atom is -0.481 e. The average molecular weight is 389 g/mol. The summed E-state index contributed by atoms with van der Waals surface area (Å²) in [6.07, 6.45) is 1.37. The molecule has 0 aliphatic heterocycles. The number of rotatable bonds is 9. The highest BCUT2D eigenvalue weighted by molar-refractivity contribution is 5.86. The van der Waals surface area contributed by atoms with Crippen molar-refractivity contribution in [1.29, 1.82) is 0 Å². The van der Waals surface area contributed by atoms with E-state index in [1.165, 1.54) is 6.07 Å². The third-order valence-electron chi connectivity index (χ3n) is 4.78. The van der Waals surface area contributed by atoms with E-state index < -0.39 is 29.6 Å². The Labute approximate surface area is 163 Å². The van der Waals surface area contributed by atoms with Crippen molar-refractivity contribution in [3.8, 4) is 5.75 Å². The Morgan fingerprint density at radius 3 is 2.54 bits per heavy atom. The Bertz CT molecular complexity index is 903. The zero-order valence-corrected chi connectivity index (χ0v) is 16.7. The van der Waals surface area contributed by atoms with Crippen molar-refractivity contribution in [2.24, 2.45) is 5.92 Å². The van der Waals surface area contributed by atoms with Gasteiger partial charge in [-0.2, -0.15) is 0 Å². The van der Waals surface area contributed by atoms with E-state index in [-0.39, 0.29) is 5.92 Å². The molecule has 0 aliphatic rings. The summed E-state index contributed by atoms with van der Waals surface area (Å²) >= 11 is 0. The molecule has 0 fully saturated rings. The van der Waals surface area contributed by atoms with Gasteiger partial charge in [0, 0.05) is 17.5 Å². The SMILES string of the molecule is CCCc1cc(=O)oc2cc(OC(C)C(=O)N[C@H](C(=O)O)[C@@H](C)CC)ccc12. The van der Waals surface area contributed by atoms with Crippen molar-refractivity contribution in [3.05, 3.63) is 40.2 Å². The van der Waals surface area contributed by atoms with E-state index >= 15 is 0 Å². The fraction of sp³-hybridized carbons (Fsp3) is 0.476. The molecule has 2 N–H and O–H groups in total. The summed E-state index contributed by atoms with van der Waals surface area (Å²) in [6.45, 7) is 7.20. The van der Waals surface area contributed by atoms with Gasteiger partial charge in [0.15, 0.2) is 6.10 Å². The van der Waals surface area contributed by atoms with Crippen molar-refractivity contribution in [2.75, 3.05) is 0 Å². The number of ether oxygens (including phenoxy) is 1. The lowest BCUT2D eigenvalue weighted by Gasteiger charge is -2.22. The van der Waals surface area contributed by atoms with Crippen LogP contribution in [0.4, 0.5) is 0 Å². The number of benzene rings is 1. The minimum absolute atomic E-state index is 0.208. The van der Waals surface area contributed by atoms with Crippen molar-refractivity contribution >= 4 is 22.8 Å². The highest BCUT2D eigenvalue weighted by Gasteiger charge is 2.28. The molecule has 1 amide bonds. The first-order valence-electron chi connectivity index (χ1n) is 9.53. The Hall–Kier alpha value is -2.83. The van der Waals surface area contributed by atoms with Gasteiger partial charge in [-0.15, -0.1) is 0 Å². The minimum atomic E-state index is -1.08. The smallest absolute Gasteiger partial charge is 0.336 e. The van der Waals surface area contributed by atoms with Crippen molar-refractivity contribution in [3.63, 3.8) is 0 Å². The molecule has 3 atom stereocenters. The number of aliphatic carboxylic acids is 1. The first kappa shape index (κ1) is 21.5. The summed E-state index contributed by atoms with van der Waals surface area (Å²) in [4.78, 5) is 35.5. The number of carboxylic acid groups (broad SMARTS) is 1. The maximum atomic E-state index is 12.4. The number of fused-ring (bicyclic) bond motifs is 1. The first-order chi connectivity index (χ1) is 13.3. The van der Waals surface area contributed by atoms with Gasteiger partial charge in [-0.1, -0.05) is 33.6 Å². The fourth-order valence-electron chi connectivity index (χ4n) is 2.97. The number of amides is 1. The van der Waals surface area contributed by atoms with Crippen LogP contribution in [0, 0.1) is 5.92 Å². The number of carbonyl (C=O) groups excluding carboxylic acids is 1. The molecule has 2 rings (SSSR count). The third-order valence-corrected chi connectivity index (χ3v) is 4.78. The van der Waals surface area contributed by atoms with Gasteiger partial charge in [0.1, 0.15) is 17.4 Å². The zero-order chi connectivity index (χ0) is 20.8. The quantitative estimate of drug-likeness (QED) is 0.638. The summed E-state index contributed by atoms with van der Waals surface area (Å²) in [5.41, 5.74) is 0.866. The predicted octanol–water partition coefficient (Wildman–Crippen LogP) is 3.13. The second kappa shape index (κ2) is 9.39. The molecule has 0 radical (unpaired) electrons. The molecular formula is C21H27NO6. The Morgan fingerprint density at radius 1 is 1.21 bits per heavy atom. The molecule has 1 aromatic heterocycles. The number of nitrogens with one attached hydrogen (secondary N) is 1. The van der Waals surface area contributed by atoms with E-state index in [9.17, 15) is 19.5 Å². The maximum absolute atomic E-state index is 12.4. The summed E-state index contributed by atoms with van der Waals surface area (Å²) < 4.78 is 10.9. The van der Waals surface area contributed by atoms with Crippen molar-refractivity contribution in [1.82, 2.24) is 5.32 Å². The molecule has 0 bridgehead atoms. The van der Waals surface area contributed by atoms with Crippen LogP contribution in [0.3, 0.4) is 0 Å². The van der Waals surface area contributed by atoms with Crippen molar-refractivity contribution < 1.29 is 23.8 Å². The van der Waals surface area contributed by atoms with Crippen LogP contribution < -0.4 is 15.7 Å². The lowest BCUT2D eigenvalue weighted by atomic mass is 9.99. The Balaban J connectivity index is 2.18. The van der Waals surface area contributed by atoms with E-state index in [0.29, 0.717) is 17.8 Å². The topological polar surface area (TPSA) is 106 Å². The van der Waals surface area contributed by atoms with Gasteiger partial charge in [-0.05, 0) is 37.0 Å². The van der Waals surface area contributed by atoms with Gasteiger partial charge < -0.3 is 19.6 Å². The maximum Gasteiger partial charge on any atom is 0.336 e. The molecule has 152 valence electrons. The summed E-state index contributed by atoms with van der Waals surface area (Å²) in [5.74, 6) is -1.44. The monoisotopic (exact) mass is 389 g/mol. The van der Waals surface area contributed by atoms with Gasteiger partial charge in [0.05, 0.1) is 0 Å². The van der Waals surface area contributed by atoms with Gasteiger partial charge in [0.2, 0.25) is 0 Å². The molecule has 1 heterocycles. The van der Waals surface area contributed by atoms with Crippen LogP contribution in [0.25, 0.3) is 11.0 Å². The molecule has 1 unspecified atom stereocenters. The lowest BCUT2D eigenvalue weighted by Crippen LogP contribution is -2.49. The number of carbonyl (C=O) groups is 2. The molecule has 7 nitrogen and oxygen atoms in total. The standard InChI is InChI=1S/C21H27NO6/c1-5-7-14-10-18(23)28-17-11-15(8-9-16(14)17)27-13(4)20(24)22-19(21(25)26)12(3)6-2/h8-13,19H,5-7H2,1-4H3,(H,22,24)(H,25,26)/t12-,13?,19-/m0/s1. The number of hydrogen-bond acceptors (Lipinski definition) is 5. The number of aryl methyl sites for hydroxylation is 1.